The summed E-state index contributed by atoms with van der Waals surface area (Å²) in [6, 6.07) is 14.3. The van der Waals surface area contributed by atoms with E-state index in [9.17, 15) is 1.37 Å². The second-order valence-corrected chi connectivity index (χ2v) is 8.05. The van der Waals surface area contributed by atoms with Crippen molar-refractivity contribution in [1.29, 1.82) is 0 Å². The Morgan fingerprint density at radius 3 is 2.55 bits per heavy atom. The third kappa shape index (κ3) is 2.83. The van der Waals surface area contributed by atoms with E-state index < -0.39 is 5.89 Å². The van der Waals surface area contributed by atoms with E-state index in [4.69, 9.17) is 11.0 Å². The Morgan fingerprint density at radius 1 is 1.03 bits per heavy atom. The van der Waals surface area contributed by atoms with E-state index in [1.165, 1.54) is 0 Å². The van der Waals surface area contributed by atoms with Crippen LogP contribution in [0.4, 0.5) is 5.69 Å². The first-order chi connectivity index (χ1) is 14.5. The Kier molecular flexibility index (Phi) is 4.08. The zero-order valence-electron chi connectivity index (χ0n) is 18.0. The van der Waals surface area contributed by atoms with Crippen molar-refractivity contribution < 1.29 is 10.4 Å². The van der Waals surface area contributed by atoms with E-state index in [1.54, 1.807) is 0 Å². The van der Waals surface area contributed by atoms with Crippen molar-refractivity contribution in [3.05, 3.63) is 71.2 Å². The summed E-state index contributed by atoms with van der Waals surface area (Å²) in [5.74, 6) is -0.752. The maximum atomic E-state index is 9.25. The van der Waals surface area contributed by atoms with Crippen molar-refractivity contribution in [3.8, 4) is 11.3 Å². The highest BCUT2D eigenvalue weighted by Gasteiger charge is 2.26. The molecule has 3 nitrogen and oxygen atoms in total. The first kappa shape index (κ1) is 16.8. The highest BCUT2D eigenvalue weighted by molar-refractivity contribution is 6.11. The van der Waals surface area contributed by atoms with Crippen molar-refractivity contribution >= 4 is 27.6 Å². The molecule has 0 amide bonds. The molecule has 0 N–H and O–H groups in total. The van der Waals surface area contributed by atoms with Crippen LogP contribution >= 0.6 is 0 Å². The van der Waals surface area contributed by atoms with Gasteiger partial charge in [0.2, 0.25) is 5.69 Å². The monoisotopic (exact) mass is 382 g/mol. The first-order valence-electron chi connectivity index (χ1n) is 10.9. The Balaban J connectivity index is 1.88. The van der Waals surface area contributed by atoms with Crippen molar-refractivity contribution in [2.24, 2.45) is 7.05 Å². The number of hydrogen-bond acceptors (Lipinski definition) is 1. The van der Waals surface area contributed by atoms with Gasteiger partial charge in [-0.15, -0.1) is 0 Å². The van der Waals surface area contributed by atoms with Gasteiger partial charge in [0.25, 0.3) is 0 Å². The van der Waals surface area contributed by atoms with Crippen LogP contribution in [0, 0.1) is 13.5 Å². The van der Waals surface area contributed by atoms with Crippen LogP contribution in [-0.4, -0.2) is 0 Å². The van der Waals surface area contributed by atoms with Gasteiger partial charge in [-0.2, -0.15) is 0 Å². The Bertz CT molecular complexity index is 1320. The minimum absolute atomic E-state index is 0.557. The van der Waals surface area contributed by atoms with Gasteiger partial charge in [0, 0.05) is 29.8 Å². The predicted octanol–water partition coefficient (Wildman–Crippen LogP) is 6.98. The molecule has 0 atom stereocenters. The van der Waals surface area contributed by atoms with Crippen molar-refractivity contribution in [2.75, 3.05) is 0 Å². The summed E-state index contributed by atoms with van der Waals surface area (Å²) in [6.07, 6.45) is 6.83. The number of hydrogen-bond donors (Lipinski definition) is 0. The van der Waals surface area contributed by atoms with Gasteiger partial charge in [-0.25, -0.2) is 9.41 Å². The fraction of sp³-hybridized carbons (Fsp3) is 0.308. The summed E-state index contributed by atoms with van der Waals surface area (Å²) in [5.41, 5.74) is 6.22. The van der Waals surface area contributed by atoms with Crippen molar-refractivity contribution in [1.82, 2.24) is 0 Å². The van der Waals surface area contributed by atoms with Crippen LogP contribution in [0.15, 0.2) is 53.1 Å². The van der Waals surface area contributed by atoms with Gasteiger partial charge >= 0.3 is 0 Å². The zero-order chi connectivity index (χ0) is 20.9. The van der Waals surface area contributed by atoms with Crippen LogP contribution in [0.2, 0.25) is 0 Å². The highest BCUT2D eigenvalue weighted by Crippen LogP contribution is 2.46. The van der Waals surface area contributed by atoms with Crippen LogP contribution in [0.5, 0.6) is 0 Å². The lowest BCUT2D eigenvalue weighted by Crippen LogP contribution is -2.30. The summed E-state index contributed by atoms with van der Waals surface area (Å²) in [6.45, 7) is 9.84. The largest absolute Gasteiger partial charge is 0.456 e. The van der Waals surface area contributed by atoms with Gasteiger partial charge < -0.3 is 4.42 Å². The molecule has 0 bridgehead atoms. The van der Waals surface area contributed by atoms with Crippen LogP contribution in [0.3, 0.4) is 0 Å². The van der Waals surface area contributed by atoms with E-state index in [1.807, 2.05) is 37.5 Å². The summed E-state index contributed by atoms with van der Waals surface area (Å²) in [4.78, 5) is 3.79. The fourth-order valence-electron chi connectivity index (χ4n) is 4.76. The molecule has 0 aliphatic heterocycles. The average molecular weight is 383 g/mol. The number of pyridine rings is 1. The summed E-state index contributed by atoms with van der Waals surface area (Å²) in [5, 5.41) is 2.05. The van der Waals surface area contributed by atoms with Gasteiger partial charge in [-0.1, -0.05) is 43.5 Å². The first-order valence-corrected chi connectivity index (χ1v) is 10.4. The van der Waals surface area contributed by atoms with Crippen LogP contribution in [0.25, 0.3) is 38.0 Å². The molecule has 29 heavy (non-hydrogen) atoms. The van der Waals surface area contributed by atoms with Crippen LogP contribution in [-0.2, 0) is 7.05 Å². The van der Waals surface area contributed by atoms with E-state index in [-0.39, 0.29) is 0 Å². The van der Waals surface area contributed by atoms with E-state index in [0.717, 1.165) is 76.4 Å². The maximum Gasteiger partial charge on any atom is 0.216 e. The topological polar surface area (TPSA) is 21.4 Å². The molecule has 1 fully saturated rings. The second kappa shape index (κ2) is 7.04. The van der Waals surface area contributed by atoms with E-state index >= 15 is 0 Å². The Hall–Kier alpha value is -3.12. The van der Waals surface area contributed by atoms with Crippen molar-refractivity contribution in [3.63, 3.8) is 0 Å². The van der Waals surface area contributed by atoms with Crippen LogP contribution < -0.4 is 4.57 Å². The summed E-state index contributed by atoms with van der Waals surface area (Å²) < 4.78 is 17.9. The lowest BCUT2D eigenvalue weighted by molar-refractivity contribution is -0.660. The third-order valence-corrected chi connectivity index (χ3v) is 6.24. The summed E-state index contributed by atoms with van der Waals surface area (Å²) >= 11 is 0. The highest BCUT2D eigenvalue weighted by atomic mass is 16.3. The predicted molar refractivity (Wildman–Crippen MR) is 117 cm³/mol. The number of nitrogens with zero attached hydrogens (tertiary/aromatic N) is 2. The fourth-order valence-corrected chi connectivity index (χ4v) is 4.76. The second-order valence-electron chi connectivity index (χ2n) is 8.05. The van der Waals surface area contributed by atoms with E-state index in [0.29, 0.717) is 5.69 Å². The van der Waals surface area contributed by atoms with Gasteiger partial charge in [-0.3, -0.25) is 0 Å². The number of aryl methyl sites for hydroxylation is 2. The molecule has 4 aromatic rings. The average Bonchev–Trinajstić information content (AvgIpc) is 3.12. The quantitative estimate of drug-likeness (QED) is 0.270. The number of aromatic nitrogens is 1. The number of fused-ring (bicyclic) bond motifs is 3. The molecule has 0 unspecified atom stereocenters. The zero-order valence-corrected chi connectivity index (χ0v) is 17.0. The smallest absolute Gasteiger partial charge is 0.216 e. The minimum atomic E-state index is -0.752. The molecule has 5 rings (SSSR count). The van der Waals surface area contributed by atoms with Crippen LogP contribution in [0.1, 0.15) is 50.5 Å². The number of benzene rings is 2. The van der Waals surface area contributed by atoms with Gasteiger partial charge in [0.1, 0.15) is 18.2 Å². The summed E-state index contributed by atoms with van der Waals surface area (Å²) in [7, 11) is 2.04. The normalized spacial score (nSPS) is 16.7. The Labute approximate surface area is 172 Å². The van der Waals surface area contributed by atoms with Gasteiger partial charge in [0.05, 0.1) is 12.1 Å². The lowest BCUT2D eigenvalue weighted by atomic mass is 9.82. The molecule has 144 valence electrons. The van der Waals surface area contributed by atoms with Gasteiger partial charge in [0.15, 0.2) is 11.9 Å². The standard InChI is InChI=1S/C26H25N2O/c1-17-12-13-19-20-14-15-21(27-2)24(18-9-5-4-6-10-18)26(20)29-25(19)23(17)22-11-7-8-16-28(22)3/h7-8,11-16,18H,4-6,9-10H2,1,3H3/q+1/i18D. The maximum absolute atomic E-state index is 9.25. The molecule has 1 aliphatic carbocycles. The molecule has 0 spiro atoms. The molecular weight excluding hydrogens is 356 g/mol. The molecule has 3 heteroatoms. The molecule has 1 saturated carbocycles. The SMILES string of the molecule is [2H]C1(c2c([N+]#[C-])ccc3c2oc2c(-c4cccc[n+]4C)c(C)ccc23)CCCCC1. The Morgan fingerprint density at radius 2 is 1.79 bits per heavy atom. The van der Waals surface area contributed by atoms with E-state index in [2.05, 4.69) is 34.5 Å². The molecule has 1 aliphatic rings. The molecular formula is C26H25N2O+. The molecule has 2 aromatic heterocycles. The molecule has 2 heterocycles. The minimum Gasteiger partial charge on any atom is -0.456 e. The van der Waals surface area contributed by atoms with Crippen molar-refractivity contribution in [2.45, 2.75) is 44.9 Å². The molecule has 2 aromatic carbocycles. The third-order valence-electron chi connectivity index (χ3n) is 6.24. The number of furan rings is 1. The molecule has 0 radical (unpaired) electrons. The lowest BCUT2D eigenvalue weighted by Gasteiger charge is -2.23. The molecule has 0 saturated heterocycles. The van der Waals surface area contributed by atoms with Gasteiger partial charge in [-0.05, 0) is 37.3 Å². The number of rotatable bonds is 2.